The zero-order valence-corrected chi connectivity index (χ0v) is 5.46. The van der Waals surface area contributed by atoms with Crippen LogP contribution in [-0.4, -0.2) is 25.7 Å². The Morgan fingerprint density at radius 2 is 2.33 bits per heavy atom. The highest BCUT2D eigenvalue weighted by molar-refractivity contribution is 5.75. The molecule has 0 aliphatic carbocycles. The molecule has 0 fully saturated rings. The standard InChI is InChI=1S/C5H12N2O2/c1-9-5(8)4(7)2-3-6/h4H,2-3,6-7H2,1H3. The van der Waals surface area contributed by atoms with Crippen LogP contribution in [0.1, 0.15) is 6.42 Å². The van der Waals surface area contributed by atoms with Gasteiger partial charge in [-0.3, -0.25) is 4.79 Å². The van der Waals surface area contributed by atoms with Crippen LogP contribution in [0, 0.1) is 0 Å². The minimum absolute atomic E-state index is 0.402. The molecule has 1 unspecified atom stereocenters. The molecule has 0 rings (SSSR count). The first-order chi connectivity index (χ1) is 4.22. The summed E-state index contributed by atoms with van der Waals surface area (Å²) >= 11 is 0. The molecule has 4 nitrogen and oxygen atoms in total. The van der Waals surface area contributed by atoms with Gasteiger partial charge in [-0.2, -0.15) is 0 Å². The Labute approximate surface area is 54.2 Å². The summed E-state index contributed by atoms with van der Waals surface area (Å²) in [5.41, 5.74) is 10.4. The lowest BCUT2D eigenvalue weighted by atomic mass is 10.2. The molecule has 0 bridgehead atoms. The highest BCUT2D eigenvalue weighted by atomic mass is 16.5. The second-order valence-electron chi connectivity index (χ2n) is 1.71. The molecule has 0 saturated heterocycles. The third kappa shape index (κ3) is 3.05. The number of nitrogens with two attached hydrogens (primary N) is 2. The van der Waals surface area contributed by atoms with Crippen molar-refractivity contribution < 1.29 is 9.53 Å². The van der Waals surface area contributed by atoms with E-state index in [0.717, 1.165) is 0 Å². The van der Waals surface area contributed by atoms with E-state index in [1.807, 2.05) is 0 Å². The number of rotatable bonds is 3. The highest BCUT2D eigenvalue weighted by Gasteiger charge is 2.10. The summed E-state index contributed by atoms with van der Waals surface area (Å²) in [5.74, 6) is -0.402. The number of carbonyl (C=O) groups excluding carboxylic acids is 1. The number of hydrogen-bond acceptors (Lipinski definition) is 4. The summed E-state index contributed by atoms with van der Waals surface area (Å²) in [7, 11) is 1.30. The van der Waals surface area contributed by atoms with E-state index >= 15 is 0 Å². The Balaban J connectivity index is 3.45. The number of ether oxygens (including phenoxy) is 1. The van der Waals surface area contributed by atoms with Crippen LogP contribution in [0.5, 0.6) is 0 Å². The van der Waals surface area contributed by atoms with E-state index in [-0.39, 0.29) is 0 Å². The van der Waals surface area contributed by atoms with Gasteiger partial charge in [-0.05, 0) is 13.0 Å². The summed E-state index contributed by atoms with van der Waals surface area (Å²) < 4.78 is 4.35. The quantitative estimate of drug-likeness (QED) is 0.474. The van der Waals surface area contributed by atoms with Gasteiger partial charge in [-0.15, -0.1) is 0 Å². The van der Waals surface area contributed by atoms with Crippen molar-refractivity contribution in [1.29, 1.82) is 0 Å². The van der Waals surface area contributed by atoms with Gasteiger partial charge < -0.3 is 16.2 Å². The van der Waals surface area contributed by atoms with E-state index < -0.39 is 12.0 Å². The molecule has 0 heterocycles. The summed E-state index contributed by atoms with van der Waals surface area (Å²) in [5, 5.41) is 0. The first-order valence-electron chi connectivity index (χ1n) is 2.76. The molecule has 0 aromatic carbocycles. The lowest BCUT2D eigenvalue weighted by Gasteiger charge is -2.05. The number of methoxy groups -OCH3 is 1. The Hall–Kier alpha value is -0.610. The fraction of sp³-hybridized carbons (Fsp3) is 0.800. The van der Waals surface area contributed by atoms with Gasteiger partial charge in [0.15, 0.2) is 0 Å². The van der Waals surface area contributed by atoms with Crippen molar-refractivity contribution in [3.8, 4) is 0 Å². The monoisotopic (exact) mass is 132 g/mol. The zero-order valence-electron chi connectivity index (χ0n) is 5.46. The third-order valence-corrected chi connectivity index (χ3v) is 0.982. The second-order valence-corrected chi connectivity index (χ2v) is 1.71. The summed E-state index contributed by atoms with van der Waals surface area (Å²) in [6, 6.07) is -0.556. The smallest absolute Gasteiger partial charge is 0.322 e. The van der Waals surface area contributed by atoms with E-state index in [1.165, 1.54) is 7.11 Å². The van der Waals surface area contributed by atoms with E-state index in [1.54, 1.807) is 0 Å². The number of esters is 1. The minimum atomic E-state index is -0.556. The van der Waals surface area contributed by atoms with Gasteiger partial charge >= 0.3 is 5.97 Å². The van der Waals surface area contributed by atoms with Crippen molar-refractivity contribution in [2.75, 3.05) is 13.7 Å². The van der Waals surface area contributed by atoms with Crippen molar-refractivity contribution in [2.45, 2.75) is 12.5 Å². The molecule has 0 aliphatic rings. The average Bonchev–Trinajstić information content (AvgIpc) is 1.87. The topological polar surface area (TPSA) is 78.3 Å². The maximum absolute atomic E-state index is 10.5. The summed E-state index contributed by atoms with van der Waals surface area (Å²) in [6.45, 7) is 0.413. The summed E-state index contributed by atoms with van der Waals surface area (Å²) in [6.07, 6.45) is 0.479. The predicted molar refractivity (Wildman–Crippen MR) is 33.7 cm³/mol. The van der Waals surface area contributed by atoms with Crippen LogP contribution in [0.4, 0.5) is 0 Å². The van der Waals surface area contributed by atoms with Gasteiger partial charge in [0.1, 0.15) is 6.04 Å². The molecular weight excluding hydrogens is 120 g/mol. The Morgan fingerprint density at radius 3 is 2.67 bits per heavy atom. The molecule has 4 heteroatoms. The van der Waals surface area contributed by atoms with E-state index in [4.69, 9.17) is 11.5 Å². The molecule has 9 heavy (non-hydrogen) atoms. The molecular formula is C5H12N2O2. The molecule has 1 atom stereocenters. The minimum Gasteiger partial charge on any atom is -0.468 e. The van der Waals surface area contributed by atoms with Gasteiger partial charge in [0.25, 0.3) is 0 Å². The van der Waals surface area contributed by atoms with Crippen LogP contribution in [0.25, 0.3) is 0 Å². The molecule has 0 aromatic heterocycles. The number of hydrogen-bond donors (Lipinski definition) is 2. The van der Waals surface area contributed by atoms with E-state index in [9.17, 15) is 4.79 Å². The van der Waals surface area contributed by atoms with E-state index in [2.05, 4.69) is 4.74 Å². The lowest BCUT2D eigenvalue weighted by Crippen LogP contribution is -2.33. The van der Waals surface area contributed by atoms with Crippen molar-refractivity contribution in [3.05, 3.63) is 0 Å². The fourth-order valence-electron chi connectivity index (χ4n) is 0.449. The van der Waals surface area contributed by atoms with E-state index in [0.29, 0.717) is 13.0 Å². The first-order valence-corrected chi connectivity index (χ1v) is 2.76. The van der Waals surface area contributed by atoms with Crippen LogP contribution in [-0.2, 0) is 9.53 Å². The SMILES string of the molecule is COC(=O)C(N)CCN. The van der Waals surface area contributed by atoms with Crippen LogP contribution in [0.15, 0.2) is 0 Å². The maximum Gasteiger partial charge on any atom is 0.322 e. The van der Waals surface area contributed by atoms with Gasteiger partial charge in [0.05, 0.1) is 7.11 Å². The zero-order chi connectivity index (χ0) is 7.28. The molecule has 0 saturated carbocycles. The number of carbonyl (C=O) groups is 1. The average molecular weight is 132 g/mol. The molecule has 0 spiro atoms. The van der Waals surface area contributed by atoms with Gasteiger partial charge in [0, 0.05) is 0 Å². The van der Waals surface area contributed by atoms with Crippen molar-refractivity contribution in [1.82, 2.24) is 0 Å². The van der Waals surface area contributed by atoms with Crippen LogP contribution < -0.4 is 11.5 Å². The lowest BCUT2D eigenvalue weighted by molar-refractivity contribution is -0.142. The molecule has 0 radical (unpaired) electrons. The predicted octanol–water partition coefficient (Wildman–Crippen LogP) is -1.16. The van der Waals surface area contributed by atoms with Crippen LogP contribution >= 0.6 is 0 Å². The fourth-order valence-corrected chi connectivity index (χ4v) is 0.449. The molecule has 0 amide bonds. The highest BCUT2D eigenvalue weighted by Crippen LogP contribution is 1.86. The largest absolute Gasteiger partial charge is 0.468 e. The summed E-state index contributed by atoms with van der Waals surface area (Å²) in [4.78, 5) is 10.5. The van der Waals surface area contributed by atoms with Crippen molar-refractivity contribution in [2.24, 2.45) is 11.5 Å². The van der Waals surface area contributed by atoms with Crippen molar-refractivity contribution in [3.63, 3.8) is 0 Å². The van der Waals surface area contributed by atoms with Gasteiger partial charge in [-0.1, -0.05) is 0 Å². The molecule has 4 N–H and O–H groups in total. The maximum atomic E-state index is 10.5. The third-order valence-electron chi connectivity index (χ3n) is 0.982. The van der Waals surface area contributed by atoms with Gasteiger partial charge in [-0.25, -0.2) is 0 Å². The molecule has 54 valence electrons. The Morgan fingerprint density at radius 1 is 1.78 bits per heavy atom. The Kier molecular flexibility index (Phi) is 4.00. The first kappa shape index (κ1) is 8.39. The Bertz CT molecular complexity index is 95.0. The molecule has 0 aromatic rings. The van der Waals surface area contributed by atoms with Crippen molar-refractivity contribution >= 4 is 5.97 Å². The van der Waals surface area contributed by atoms with Crippen LogP contribution in [0.2, 0.25) is 0 Å². The van der Waals surface area contributed by atoms with Crippen LogP contribution in [0.3, 0.4) is 0 Å². The normalized spacial score (nSPS) is 12.8. The molecule has 0 aliphatic heterocycles. The second kappa shape index (κ2) is 4.29. The van der Waals surface area contributed by atoms with Gasteiger partial charge in [0.2, 0.25) is 0 Å².